The van der Waals surface area contributed by atoms with Crippen LogP contribution in [0.3, 0.4) is 0 Å². The number of hydrogen-bond donors (Lipinski definition) is 1. The highest BCUT2D eigenvalue weighted by Gasteiger charge is 2.40. The number of thiophene rings is 1. The molecule has 2 aromatic heterocycles. The standard InChI is InChI=1S/C25H25F3N6O4S/c1-37-19-4-3-15(25(26,27)28)11-17(19)34-18(12-22(35)36)23-16(5-10-39-23)31-24(34)33-8-6-32(7-9-33)20-13-21(38-2)30-14-29-20/h3-5,10-11,13-14,18H,6-9,12H2,1-2H3,(H,35,36). The first-order valence-corrected chi connectivity index (χ1v) is 12.9. The first-order valence-electron chi connectivity index (χ1n) is 12.0. The van der Waals surface area contributed by atoms with E-state index in [9.17, 15) is 23.1 Å². The van der Waals surface area contributed by atoms with E-state index in [4.69, 9.17) is 14.5 Å². The van der Waals surface area contributed by atoms with E-state index in [1.165, 1.54) is 38.0 Å². The molecule has 1 fully saturated rings. The summed E-state index contributed by atoms with van der Waals surface area (Å²) in [5, 5.41) is 11.6. The van der Waals surface area contributed by atoms with Crippen LogP contribution in [0.4, 0.5) is 30.4 Å². The number of aromatic nitrogens is 2. The van der Waals surface area contributed by atoms with E-state index in [0.717, 1.165) is 12.1 Å². The van der Waals surface area contributed by atoms with Crippen molar-refractivity contribution in [2.45, 2.75) is 18.6 Å². The van der Waals surface area contributed by atoms with Crippen LogP contribution in [0.5, 0.6) is 11.6 Å². The molecule has 3 aromatic rings. The Balaban J connectivity index is 1.55. The van der Waals surface area contributed by atoms with Gasteiger partial charge >= 0.3 is 12.1 Å². The Morgan fingerprint density at radius 2 is 1.82 bits per heavy atom. The lowest BCUT2D eigenvalue weighted by molar-refractivity contribution is -0.138. The summed E-state index contributed by atoms with van der Waals surface area (Å²) in [5.41, 5.74) is -0.169. The number of carboxylic acids is 1. The lowest BCUT2D eigenvalue weighted by Gasteiger charge is -2.44. The molecule has 0 bridgehead atoms. The average Bonchev–Trinajstić information content (AvgIpc) is 3.41. The average molecular weight is 563 g/mol. The Kier molecular flexibility index (Phi) is 7.21. The van der Waals surface area contributed by atoms with Crippen molar-refractivity contribution < 1.29 is 32.5 Å². The summed E-state index contributed by atoms with van der Waals surface area (Å²) < 4.78 is 51.9. The van der Waals surface area contributed by atoms with Gasteiger partial charge in [0.05, 0.1) is 48.5 Å². The molecule has 0 amide bonds. The fraction of sp³-hybridized carbons (Fsp3) is 0.360. The van der Waals surface area contributed by atoms with Crippen molar-refractivity contribution in [1.29, 1.82) is 0 Å². The topological polar surface area (TPSA) is 104 Å². The van der Waals surface area contributed by atoms with Crippen molar-refractivity contribution in [3.63, 3.8) is 0 Å². The number of halogens is 3. The molecule has 1 atom stereocenters. The Labute approximate surface area is 225 Å². The lowest BCUT2D eigenvalue weighted by Crippen LogP contribution is -2.55. The van der Waals surface area contributed by atoms with Crippen LogP contribution < -0.4 is 19.3 Å². The molecule has 0 aliphatic carbocycles. The minimum atomic E-state index is -4.60. The van der Waals surface area contributed by atoms with Gasteiger partial charge in [0.25, 0.3) is 0 Å². The van der Waals surface area contributed by atoms with Gasteiger partial charge < -0.3 is 24.4 Å². The molecule has 4 heterocycles. The van der Waals surface area contributed by atoms with Gasteiger partial charge in [0, 0.05) is 32.2 Å². The third-order valence-electron chi connectivity index (χ3n) is 6.58. The number of carbonyl (C=O) groups is 1. The van der Waals surface area contributed by atoms with Gasteiger partial charge in [-0.2, -0.15) is 13.2 Å². The molecule has 39 heavy (non-hydrogen) atoms. The van der Waals surface area contributed by atoms with Crippen LogP contribution in [0.1, 0.15) is 22.9 Å². The molecule has 5 rings (SSSR count). The van der Waals surface area contributed by atoms with Gasteiger partial charge in [0.1, 0.15) is 17.9 Å². The van der Waals surface area contributed by atoms with E-state index in [1.807, 2.05) is 9.80 Å². The summed E-state index contributed by atoms with van der Waals surface area (Å²) in [6.45, 7) is 1.99. The molecular formula is C25H25F3N6O4S. The van der Waals surface area contributed by atoms with Crippen molar-refractivity contribution in [1.82, 2.24) is 14.9 Å². The van der Waals surface area contributed by atoms with Crippen LogP contribution in [0.15, 0.2) is 47.0 Å². The van der Waals surface area contributed by atoms with E-state index in [1.54, 1.807) is 22.4 Å². The van der Waals surface area contributed by atoms with Crippen LogP contribution in [0, 0.1) is 0 Å². The second-order valence-corrected chi connectivity index (χ2v) is 9.79. The highest BCUT2D eigenvalue weighted by molar-refractivity contribution is 7.10. The number of aliphatic carboxylic acids is 1. The molecule has 2 aliphatic heterocycles. The number of benzene rings is 1. The Morgan fingerprint density at radius 1 is 1.08 bits per heavy atom. The number of methoxy groups -OCH3 is 2. The minimum Gasteiger partial charge on any atom is -0.495 e. The molecule has 0 saturated carbocycles. The molecule has 1 N–H and O–H groups in total. The number of nitrogens with zero attached hydrogens (tertiary/aromatic N) is 6. The van der Waals surface area contributed by atoms with Crippen molar-refractivity contribution in [3.8, 4) is 11.6 Å². The highest BCUT2D eigenvalue weighted by Crippen LogP contribution is 2.47. The maximum Gasteiger partial charge on any atom is 0.416 e. The molecule has 0 spiro atoms. The number of hydrogen-bond acceptors (Lipinski definition) is 10. The highest BCUT2D eigenvalue weighted by atomic mass is 32.1. The third-order valence-corrected chi connectivity index (χ3v) is 7.59. The number of piperazine rings is 1. The van der Waals surface area contributed by atoms with Gasteiger partial charge in [-0.15, -0.1) is 11.3 Å². The minimum absolute atomic E-state index is 0.0966. The van der Waals surface area contributed by atoms with Crippen LogP contribution in [-0.2, 0) is 11.0 Å². The smallest absolute Gasteiger partial charge is 0.416 e. The van der Waals surface area contributed by atoms with Gasteiger partial charge in [-0.25, -0.2) is 15.0 Å². The zero-order valence-corrected chi connectivity index (χ0v) is 21.9. The summed E-state index contributed by atoms with van der Waals surface area (Å²) in [6, 6.07) is 5.92. The summed E-state index contributed by atoms with van der Waals surface area (Å²) >= 11 is 1.32. The monoisotopic (exact) mass is 562 g/mol. The van der Waals surface area contributed by atoms with E-state index in [-0.39, 0.29) is 17.9 Å². The Bertz CT molecular complexity index is 1390. The van der Waals surface area contributed by atoms with E-state index in [2.05, 4.69) is 9.97 Å². The quantitative estimate of drug-likeness (QED) is 0.468. The normalized spacial score (nSPS) is 17.5. The lowest BCUT2D eigenvalue weighted by atomic mass is 10.0. The van der Waals surface area contributed by atoms with E-state index >= 15 is 0 Å². The van der Waals surface area contributed by atoms with Crippen LogP contribution >= 0.6 is 11.3 Å². The molecule has 10 nitrogen and oxygen atoms in total. The number of guanidine groups is 1. The van der Waals surface area contributed by atoms with Crippen molar-refractivity contribution in [2.75, 3.05) is 50.2 Å². The number of carboxylic acid groups (broad SMARTS) is 1. The fourth-order valence-electron chi connectivity index (χ4n) is 4.73. The van der Waals surface area contributed by atoms with Crippen molar-refractivity contribution in [2.24, 2.45) is 4.99 Å². The van der Waals surface area contributed by atoms with E-state index in [0.29, 0.717) is 54.4 Å². The second kappa shape index (κ2) is 10.6. The van der Waals surface area contributed by atoms with Crippen molar-refractivity contribution in [3.05, 3.63) is 52.5 Å². The zero-order valence-electron chi connectivity index (χ0n) is 21.1. The maximum absolute atomic E-state index is 13.8. The molecular weight excluding hydrogens is 537 g/mol. The second-order valence-electron chi connectivity index (χ2n) is 8.84. The van der Waals surface area contributed by atoms with Crippen LogP contribution in [0.2, 0.25) is 0 Å². The number of rotatable bonds is 6. The largest absolute Gasteiger partial charge is 0.495 e. The third kappa shape index (κ3) is 5.28. The first kappa shape index (κ1) is 26.5. The van der Waals surface area contributed by atoms with Crippen LogP contribution in [-0.4, -0.2) is 72.3 Å². The SMILES string of the molecule is COc1cc(N2CCN(C3=Nc4ccsc4C(CC(=O)O)N3c3cc(C(F)(F)F)ccc3OC)CC2)ncn1. The number of fused-ring (bicyclic) bond motifs is 1. The van der Waals surface area contributed by atoms with Gasteiger partial charge in [-0.3, -0.25) is 9.69 Å². The Morgan fingerprint density at radius 3 is 2.49 bits per heavy atom. The predicted molar refractivity (Wildman–Crippen MR) is 139 cm³/mol. The molecule has 0 radical (unpaired) electrons. The maximum atomic E-state index is 13.8. The van der Waals surface area contributed by atoms with Crippen molar-refractivity contribution >= 4 is 40.5 Å². The Hall–Kier alpha value is -4.07. The zero-order chi connectivity index (χ0) is 27.7. The molecule has 1 aromatic carbocycles. The van der Waals surface area contributed by atoms with Gasteiger partial charge in [0.15, 0.2) is 0 Å². The molecule has 206 valence electrons. The van der Waals surface area contributed by atoms with Gasteiger partial charge in [-0.05, 0) is 29.6 Å². The predicted octanol–water partition coefficient (Wildman–Crippen LogP) is 4.42. The molecule has 2 aliphatic rings. The van der Waals surface area contributed by atoms with Gasteiger partial charge in [0.2, 0.25) is 11.8 Å². The molecule has 14 heteroatoms. The fourth-order valence-corrected chi connectivity index (χ4v) is 5.65. The number of aliphatic imine (C=N–C) groups is 1. The van der Waals surface area contributed by atoms with E-state index < -0.39 is 23.8 Å². The summed E-state index contributed by atoms with van der Waals surface area (Å²) in [7, 11) is 2.89. The van der Waals surface area contributed by atoms with Gasteiger partial charge in [-0.1, -0.05) is 0 Å². The summed E-state index contributed by atoms with van der Waals surface area (Å²) in [6.07, 6.45) is -3.52. The number of alkyl halides is 3. The number of anilines is 2. The summed E-state index contributed by atoms with van der Waals surface area (Å²) in [4.78, 5) is 31.4. The molecule has 1 saturated heterocycles. The van der Waals surface area contributed by atoms with Crippen LogP contribution in [0.25, 0.3) is 0 Å². The number of ether oxygens (including phenoxy) is 2. The first-order chi connectivity index (χ1) is 18.7. The summed E-state index contributed by atoms with van der Waals surface area (Å²) in [5.74, 6) is 0.581. The molecule has 1 unspecified atom stereocenters.